The minimum atomic E-state index is -3.45. The third-order valence-electron chi connectivity index (χ3n) is 3.59. The normalized spacial score (nSPS) is 12.6. The Bertz CT molecular complexity index is 654. The zero-order valence-corrected chi connectivity index (χ0v) is 16.2. The molecule has 0 aliphatic carbocycles. The predicted molar refractivity (Wildman–Crippen MR) is 96.3 cm³/mol. The summed E-state index contributed by atoms with van der Waals surface area (Å²) in [7, 11) is -3.45. The molecule has 0 fully saturated rings. The first-order valence-electron chi connectivity index (χ1n) is 8.53. The van der Waals surface area contributed by atoms with Gasteiger partial charge in [-0.3, -0.25) is 8.98 Å². The fourth-order valence-electron chi connectivity index (χ4n) is 2.42. The van der Waals surface area contributed by atoms with Gasteiger partial charge in [-0.15, -0.1) is 0 Å². The van der Waals surface area contributed by atoms with Gasteiger partial charge in [-0.1, -0.05) is 13.0 Å². The Balaban J connectivity index is 2.55. The number of hydrogen-bond donors (Lipinski definition) is 0. The largest absolute Gasteiger partial charge is 0.493 e. The van der Waals surface area contributed by atoms with Gasteiger partial charge in [0.05, 0.1) is 25.6 Å². The second-order valence-electron chi connectivity index (χ2n) is 5.84. The van der Waals surface area contributed by atoms with Gasteiger partial charge in [0.1, 0.15) is 5.75 Å². The van der Waals surface area contributed by atoms with E-state index in [2.05, 4.69) is 6.92 Å². The van der Waals surface area contributed by atoms with Crippen molar-refractivity contribution >= 4 is 16.1 Å². The molecule has 1 unspecified atom stereocenters. The topological polar surface area (TPSA) is 78.9 Å². The SMILES string of the molecule is CCOC(=O)CCc1ccc(OCCC(C)OS(C)(=O)=O)cc1CC. The van der Waals surface area contributed by atoms with Crippen molar-refractivity contribution in [1.82, 2.24) is 0 Å². The van der Waals surface area contributed by atoms with Gasteiger partial charge in [0.15, 0.2) is 0 Å². The van der Waals surface area contributed by atoms with Gasteiger partial charge < -0.3 is 9.47 Å². The van der Waals surface area contributed by atoms with Crippen LogP contribution in [-0.4, -0.2) is 40.0 Å². The molecule has 0 aliphatic rings. The molecule has 0 saturated carbocycles. The lowest BCUT2D eigenvalue weighted by molar-refractivity contribution is -0.143. The van der Waals surface area contributed by atoms with Gasteiger partial charge in [0.25, 0.3) is 10.1 Å². The quantitative estimate of drug-likeness (QED) is 0.439. The molecule has 0 aromatic heterocycles. The Morgan fingerprint density at radius 1 is 1.20 bits per heavy atom. The first kappa shape index (κ1) is 21.4. The Kier molecular flexibility index (Phi) is 8.92. The maximum Gasteiger partial charge on any atom is 0.306 e. The zero-order valence-electron chi connectivity index (χ0n) is 15.4. The van der Waals surface area contributed by atoms with Crippen LogP contribution >= 0.6 is 0 Å². The van der Waals surface area contributed by atoms with Crippen LogP contribution in [0.4, 0.5) is 0 Å². The molecule has 0 aliphatic heterocycles. The summed E-state index contributed by atoms with van der Waals surface area (Å²) in [5, 5.41) is 0. The first-order chi connectivity index (χ1) is 11.7. The molecule has 1 aromatic rings. The van der Waals surface area contributed by atoms with Gasteiger partial charge in [-0.2, -0.15) is 8.42 Å². The van der Waals surface area contributed by atoms with E-state index in [0.29, 0.717) is 32.5 Å². The van der Waals surface area contributed by atoms with Crippen molar-refractivity contribution in [3.05, 3.63) is 29.3 Å². The molecule has 25 heavy (non-hydrogen) atoms. The highest BCUT2D eigenvalue weighted by molar-refractivity contribution is 7.86. The number of aryl methyl sites for hydroxylation is 2. The Morgan fingerprint density at radius 2 is 1.92 bits per heavy atom. The van der Waals surface area contributed by atoms with Crippen LogP contribution in [0.5, 0.6) is 5.75 Å². The average Bonchev–Trinajstić information content (AvgIpc) is 2.52. The molecule has 0 radical (unpaired) electrons. The lowest BCUT2D eigenvalue weighted by Gasteiger charge is -2.14. The van der Waals surface area contributed by atoms with Crippen LogP contribution in [0.25, 0.3) is 0 Å². The maximum atomic E-state index is 11.5. The van der Waals surface area contributed by atoms with Crippen molar-refractivity contribution in [2.24, 2.45) is 0 Å². The lowest BCUT2D eigenvalue weighted by Crippen LogP contribution is -2.17. The number of hydrogen-bond acceptors (Lipinski definition) is 6. The number of benzene rings is 1. The smallest absolute Gasteiger partial charge is 0.306 e. The van der Waals surface area contributed by atoms with Crippen molar-refractivity contribution in [2.75, 3.05) is 19.5 Å². The van der Waals surface area contributed by atoms with Crippen LogP contribution in [0.1, 0.15) is 44.7 Å². The van der Waals surface area contributed by atoms with Crippen LogP contribution < -0.4 is 4.74 Å². The molecule has 1 rings (SSSR count). The third kappa shape index (κ3) is 8.88. The summed E-state index contributed by atoms with van der Waals surface area (Å²) >= 11 is 0. The number of carbonyl (C=O) groups is 1. The van der Waals surface area contributed by atoms with Crippen molar-refractivity contribution in [1.29, 1.82) is 0 Å². The first-order valence-corrected chi connectivity index (χ1v) is 10.3. The molecule has 0 N–H and O–H groups in total. The van der Waals surface area contributed by atoms with Gasteiger partial charge in [-0.05, 0) is 49.9 Å². The van der Waals surface area contributed by atoms with Crippen LogP contribution in [-0.2, 0) is 36.7 Å². The van der Waals surface area contributed by atoms with E-state index in [0.717, 1.165) is 29.6 Å². The molecule has 0 bridgehead atoms. The number of carbonyl (C=O) groups excluding carboxylic acids is 1. The maximum absolute atomic E-state index is 11.5. The van der Waals surface area contributed by atoms with Crippen LogP contribution in [0.15, 0.2) is 18.2 Å². The highest BCUT2D eigenvalue weighted by atomic mass is 32.2. The second-order valence-corrected chi connectivity index (χ2v) is 7.44. The minimum absolute atomic E-state index is 0.190. The monoisotopic (exact) mass is 372 g/mol. The fraction of sp³-hybridized carbons (Fsp3) is 0.611. The molecule has 1 aromatic carbocycles. The molecular formula is C18H28O6S. The van der Waals surface area contributed by atoms with Crippen LogP contribution in [0.3, 0.4) is 0 Å². The van der Waals surface area contributed by atoms with Crippen molar-refractivity contribution < 1.29 is 26.9 Å². The van der Waals surface area contributed by atoms with Gasteiger partial charge in [-0.25, -0.2) is 0 Å². The summed E-state index contributed by atoms with van der Waals surface area (Å²) in [6, 6.07) is 5.79. The van der Waals surface area contributed by atoms with Gasteiger partial charge >= 0.3 is 5.97 Å². The van der Waals surface area contributed by atoms with Crippen molar-refractivity contribution in [2.45, 2.75) is 52.6 Å². The van der Waals surface area contributed by atoms with E-state index in [1.54, 1.807) is 13.8 Å². The minimum Gasteiger partial charge on any atom is -0.493 e. The van der Waals surface area contributed by atoms with E-state index < -0.39 is 16.2 Å². The molecule has 7 heteroatoms. The molecular weight excluding hydrogens is 344 g/mol. The van der Waals surface area contributed by atoms with Gasteiger partial charge in [0, 0.05) is 12.8 Å². The molecule has 0 saturated heterocycles. The molecule has 142 valence electrons. The molecule has 0 spiro atoms. The fourth-order valence-corrected chi connectivity index (χ4v) is 3.12. The molecule has 1 atom stereocenters. The van der Waals surface area contributed by atoms with E-state index >= 15 is 0 Å². The van der Waals surface area contributed by atoms with E-state index in [9.17, 15) is 13.2 Å². The highest BCUT2D eigenvalue weighted by Crippen LogP contribution is 2.20. The van der Waals surface area contributed by atoms with E-state index in [4.69, 9.17) is 13.7 Å². The highest BCUT2D eigenvalue weighted by Gasteiger charge is 2.11. The molecule has 6 nitrogen and oxygen atoms in total. The van der Waals surface area contributed by atoms with Crippen LogP contribution in [0, 0.1) is 0 Å². The van der Waals surface area contributed by atoms with Crippen molar-refractivity contribution in [3.8, 4) is 5.75 Å². The number of ether oxygens (including phenoxy) is 2. The summed E-state index contributed by atoms with van der Waals surface area (Å²) in [5.74, 6) is 0.535. The Hall–Kier alpha value is -1.60. The summed E-state index contributed by atoms with van der Waals surface area (Å²) in [6.07, 6.45) is 2.92. The van der Waals surface area contributed by atoms with E-state index in [1.165, 1.54) is 0 Å². The summed E-state index contributed by atoms with van der Waals surface area (Å²) < 4.78 is 37.6. The van der Waals surface area contributed by atoms with Crippen LogP contribution in [0.2, 0.25) is 0 Å². The van der Waals surface area contributed by atoms with E-state index in [-0.39, 0.29) is 5.97 Å². The zero-order chi connectivity index (χ0) is 18.9. The Labute approximate surface area is 150 Å². The summed E-state index contributed by atoms with van der Waals surface area (Å²) in [5.41, 5.74) is 2.24. The summed E-state index contributed by atoms with van der Waals surface area (Å²) in [6.45, 7) is 6.30. The standard InChI is InChI=1S/C18H28O6S/c1-5-15-13-17(23-12-11-14(3)24-25(4,20)21)9-7-16(15)8-10-18(19)22-6-2/h7,9,13-14H,5-6,8,10-12H2,1-4H3. The van der Waals surface area contributed by atoms with E-state index in [1.807, 2.05) is 18.2 Å². The van der Waals surface area contributed by atoms with Gasteiger partial charge in [0.2, 0.25) is 0 Å². The average molecular weight is 372 g/mol. The molecule has 0 amide bonds. The third-order valence-corrected chi connectivity index (χ3v) is 4.27. The predicted octanol–water partition coefficient (Wildman–Crippen LogP) is 2.88. The number of esters is 1. The van der Waals surface area contributed by atoms with Crippen molar-refractivity contribution in [3.63, 3.8) is 0 Å². The Morgan fingerprint density at radius 3 is 2.52 bits per heavy atom. The second kappa shape index (κ2) is 10.4. The molecule has 0 heterocycles. The summed E-state index contributed by atoms with van der Waals surface area (Å²) in [4.78, 5) is 11.5. The number of rotatable bonds is 11. The lowest BCUT2D eigenvalue weighted by atomic mass is 10.0.